The normalized spacial score (nSPS) is 20.3. The van der Waals surface area contributed by atoms with E-state index in [2.05, 4.69) is 41.4 Å². The summed E-state index contributed by atoms with van der Waals surface area (Å²) in [6.45, 7) is 6.10. The van der Waals surface area contributed by atoms with Crippen LogP contribution in [0.4, 0.5) is 5.82 Å². The highest BCUT2D eigenvalue weighted by molar-refractivity contribution is 5.78. The molecule has 10 nitrogen and oxygen atoms in total. The summed E-state index contributed by atoms with van der Waals surface area (Å²) in [5, 5.41) is 15.0. The Balaban J connectivity index is 1.36. The molecule has 3 aliphatic rings. The van der Waals surface area contributed by atoms with E-state index in [9.17, 15) is 0 Å². The Morgan fingerprint density at radius 1 is 0.967 bits per heavy atom. The number of amidine groups is 1. The number of aryl methyl sites for hydroxylation is 1. The van der Waals surface area contributed by atoms with Crippen LogP contribution in [0.2, 0.25) is 0 Å². The SMILES string of the molecule is C/C(=N\[N]C1=CC=C(N2CCCC2)[N]N1C)N/N=c1/ccc(N2CCCC2)nn1C. The molecule has 0 spiro atoms. The molecule has 0 amide bonds. The molecule has 0 aromatic carbocycles. The van der Waals surface area contributed by atoms with Gasteiger partial charge in [-0.3, -0.25) is 5.43 Å². The van der Waals surface area contributed by atoms with Gasteiger partial charge in [0.15, 0.2) is 11.3 Å². The molecule has 4 rings (SSSR count). The highest BCUT2D eigenvalue weighted by atomic mass is 15.6. The maximum Gasteiger partial charge on any atom is 0.171 e. The molecule has 2 fully saturated rings. The second kappa shape index (κ2) is 9.10. The van der Waals surface area contributed by atoms with Gasteiger partial charge in [-0.15, -0.1) is 10.5 Å². The van der Waals surface area contributed by atoms with Crippen molar-refractivity contribution in [2.45, 2.75) is 32.6 Å². The van der Waals surface area contributed by atoms with Crippen LogP contribution in [-0.2, 0) is 7.05 Å². The highest BCUT2D eigenvalue weighted by Crippen LogP contribution is 2.18. The smallest absolute Gasteiger partial charge is 0.171 e. The van der Waals surface area contributed by atoms with Gasteiger partial charge in [0.2, 0.25) is 0 Å². The first-order chi connectivity index (χ1) is 14.6. The van der Waals surface area contributed by atoms with Gasteiger partial charge in [0.1, 0.15) is 17.5 Å². The van der Waals surface area contributed by atoms with Crippen molar-refractivity contribution < 1.29 is 0 Å². The summed E-state index contributed by atoms with van der Waals surface area (Å²) in [5.74, 6) is 3.25. The van der Waals surface area contributed by atoms with Crippen molar-refractivity contribution in [3.05, 3.63) is 41.4 Å². The molecular formula is C20H30N10. The second-order valence-corrected chi connectivity index (χ2v) is 7.74. The van der Waals surface area contributed by atoms with Gasteiger partial charge in [0.05, 0.1) is 0 Å². The van der Waals surface area contributed by atoms with E-state index in [1.807, 2.05) is 45.3 Å². The van der Waals surface area contributed by atoms with E-state index in [-0.39, 0.29) is 0 Å². The first kappa shape index (κ1) is 20.1. The maximum absolute atomic E-state index is 4.61. The fourth-order valence-corrected chi connectivity index (χ4v) is 3.71. The average Bonchev–Trinajstić information content (AvgIpc) is 3.46. The molecule has 30 heavy (non-hydrogen) atoms. The number of hydrogen-bond acceptors (Lipinski definition) is 6. The van der Waals surface area contributed by atoms with E-state index in [4.69, 9.17) is 0 Å². The molecule has 2 radical (unpaired) electrons. The number of hydrogen-bond donors (Lipinski definition) is 1. The molecule has 10 heteroatoms. The largest absolute Gasteiger partial charge is 0.355 e. The molecule has 1 aromatic rings. The summed E-state index contributed by atoms with van der Waals surface area (Å²) < 4.78 is 1.77. The zero-order chi connectivity index (χ0) is 20.9. The van der Waals surface area contributed by atoms with Gasteiger partial charge in [-0.25, -0.2) is 9.69 Å². The molecule has 0 unspecified atom stereocenters. The first-order valence-corrected chi connectivity index (χ1v) is 10.6. The Bertz CT molecular complexity index is 900. The predicted molar refractivity (Wildman–Crippen MR) is 115 cm³/mol. The van der Waals surface area contributed by atoms with Gasteiger partial charge < -0.3 is 9.80 Å². The van der Waals surface area contributed by atoms with Gasteiger partial charge in [-0.2, -0.15) is 15.6 Å². The summed E-state index contributed by atoms with van der Waals surface area (Å²) in [7, 11) is 3.78. The molecule has 3 aliphatic heterocycles. The van der Waals surface area contributed by atoms with E-state index in [1.165, 1.54) is 25.7 Å². The third kappa shape index (κ3) is 4.69. The quantitative estimate of drug-likeness (QED) is 0.436. The van der Waals surface area contributed by atoms with E-state index in [0.717, 1.165) is 43.3 Å². The van der Waals surface area contributed by atoms with E-state index in [0.29, 0.717) is 11.7 Å². The first-order valence-electron chi connectivity index (χ1n) is 10.6. The van der Waals surface area contributed by atoms with Gasteiger partial charge in [0, 0.05) is 40.3 Å². The number of nitrogens with one attached hydrogen (secondary N) is 1. The Morgan fingerprint density at radius 3 is 2.33 bits per heavy atom. The lowest BCUT2D eigenvalue weighted by molar-refractivity contribution is 0.237. The number of anilines is 1. The van der Waals surface area contributed by atoms with Crippen molar-refractivity contribution in [1.29, 1.82) is 0 Å². The predicted octanol–water partition coefficient (Wildman–Crippen LogP) is 0.607. The van der Waals surface area contributed by atoms with Crippen LogP contribution in [0.5, 0.6) is 0 Å². The third-order valence-electron chi connectivity index (χ3n) is 5.43. The van der Waals surface area contributed by atoms with Crippen LogP contribution in [0, 0.1) is 0 Å². The van der Waals surface area contributed by atoms with Crippen molar-refractivity contribution in [3.63, 3.8) is 0 Å². The van der Waals surface area contributed by atoms with Gasteiger partial charge >= 0.3 is 0 Å². The fraction of sp³-hybridized carbons (Fsp3) is 0.550. The number of aromatic nitrogens is 2. The minimum atomic E-state index is 0.585. The summed E-state index contributed by atoms with van der Waals surface area (Å²) in [6.07, 6.45) is 8.85. The summed E-state index contributed by atoms with van der Waals surface area (Å²) in [4.78, 5) is 4.59. The van der Waals surface area contributed by atoms with Gasteiger partial charge in [-0.05, 0) is 56.9 Å². The standard InChI is InChI=1S/C20H30N10/c1-16(21-23-17-8-10-19(25-27(17)2)29-12-4-5-13-29)22-24-18-9-11-20(26-28(18)3)30-14-6-7-15-30/h8-11H,4-7,12-15H2,1-3H3,(H,21,22)/b23-17-. The minimum Gasteiger partial charge on any atom is -0.355 e. The van der Waals surface area contributed by atoms with Crippen molar-refractivity contribution in [2.24, 2.45) is 17.3 Å². The number of nitrogens with zero attached hydrogens (tertiary/aromatic N) is 9. The summed E-state index contributed by atoms with van der Waals surface area (Å²) >= 11 is 0. The Hall–Kier alpha value is -3.17. The van der Waals surface area contributed by atoms with Crippen LogP contribution in [0.3, 0.4) is 0 Å². The molecular weight excluding hydrogens is 380 g/mol. The Labute approximate surface area is 177 Å². The lowest BCUT2D eigenvalue weighted by Crippen LogP contribution is -2.38. The minimum absolute atomic E-state index is 0.585. The molecule has 0 aliphatic carbocycles. The van der Waals surface area contributed by atoms with E-state index in [1.54, 1.807) is 9.69 Å². The van der Waals surface area contributed by atoms with Crippen LogP contribution in [-0.4, -0.2) is 58.8 Å². The molecule has 2 saturated heterocycles. The number of allylic oxidation sites excluding steroid dienone is 2. The molecule has 0 atom stereocenters. The highest BCUT2D eigenvalue weighted by Gasteiger charge is 2.21. The third-order valence-corrected chi connectivity index (χ3v) is 5.43. The monoisotopic (exact) mass is 410 g/mol. The fourth-order valence-electron chi connectivity index (χ4n) is 3.71. The Kier molecular flexibility index (Phi) is 6.10. The summed E-state index contributed by atoms with van der Waals surface area (Å²) in [5.41, 5.74) is 12.6. The number of rotatable bonds is 5. The summed E-state index contributed by atoms with van der Waals surface area (Å²) in [6, 6.07) is 3.97. The van der Waals surface area contributed by atoms with Crippen LogP contribution in [0.25, 0.3) is 0 Å². The second-order valence-electron chi connectivity index (χ2n) is 7.74. The molecule has 4 heterocycles. The molecule has 1 aromatic heterocycles. The zero-order valence-electron chi connectivity index (χ0n) is 18.0. The van der Waals surface area contributed by atoms with Crippen molar-refractivity contribution in [2.75, 3.05) is 38.1 Å². The van der Waals surface area contributed by atoms with E-state index < -0.39 is 0 Å². The topological polar surface area (TPSA) is 92.5 Å². The van der Waals surface area contributed by atoms with Gasteiger partial charge in [-0.1, -0.05) is 0 Å². The molecule has 160 valence electrons. The van der Waals surface area contributed by atoms with E-state index >= 15 is 0 Å². The van der Waals surface area contributed by atoms with Crippen LogP contribution < -0.4 is 26.7 Å². The van der Waals surface area contributed by atoms with Crippen LogP contribution in [0.1, 0.15) is 32.6 Å². The Morgan fingerprint density at radius 2 is 1.67 bits per heavy atom. The number of likely N-dealkylation sites (tertiary alicyclic amines) is 1. The molecule has 1 N–H and O–H groups in total. The van der Waals surface area contributed by atoms with Crippen molar-refractivity contribution in [3.8, 4) is 0 Å². The van der Waals surface area contributed by atoms with Crippen LogP contribution >= 0.6 is 0 Å². The average molecular weight is 411 g/mol. The lowest BCUT2D eigenvalue weighted by atomic mass is 10.4. The van der Waals surface area contributed by atoms with Crippen LogP contribution in [0.15, 0.2) is 46.1 Å². The molecule has 0 bridgehead atoms. The maximum atomic E-state index is 4.61. The van der Waals surface area contributed by atoms with Gasteiger partial charge in [0.25, 0.3) is 0 Å². The van der Waals surface area contributed by atoms with Crippen molar-refractivity contribution >= 4 is 11.7 Å². The lowest BCUT2D eigenvalue weighted by Gasteiger charge is -2.28. The van der Waals surface area contributed by atoms with Crippen molar-refractivity contribution in [1.82, 2.24) is 36.0 Å². The molecule has 0 saturated carbocycles. The zero-order valence-corrected chi connectivity index (χ0v) is 18.0.